The van der Waals surface area contributed by atoms with Crippen molar-refractivity contribution < 1.29 is 13.8 Å². The standard InChI is InChI=1S/C18H23BN2O3/c1-17(2)18(3,4)24-19(23-17)15(12-20)11-13-5-7-14(8-6-13)16-9-10-21-22-16/h5-11H,12,20H2,1-4H3. The first-order valence-corrected chi connectivity index (χ1v) is 8.10. The molecular formula is C18H23BN2O3. The van der Waals surface area contributed by atoms with E-state index in [4.69, 9.17) is 19.6 Å². The van der Waals surface area contributed by atoms with E-state index in [2.05, 4.69) is 5.16 Å². The van der Waals surface area contributed by atoms with Gasteiger partial charge in [0.15, 0.2) is 5.76 Å². The second-order valence-electron chi connectivity index (χ2n) is 7.01. The van der Waals surface area contributed by atoms with Crippen molar-refractivity contribution >= 4 is 13.2 Å². The lowest BCUT2D eigenvalue weighted by molar-refractivity contribution is 0.00578. The summed E-state index contributed by atoms with van der Waals surface area (Å²) >= 11 is 0. The Morgan fingerprint density at radius 1 is 1.08 bits per heavy atom. The zero-order valence-electron chi connectivity index (χ0n) is 14.6. The van der Waals surface area contributed by atoms with E-state index in [1.165, 1.54) is 0 Å². The van der Waals surface area contributed by atoms with Crippen LogP contribution < -0.4 is 5.73 Å². The van der Waals surface area contributed by atoms with Crippen LogP contribution in [0.4, 0.5) is 0 Å². The average molecular weight is 326 g/mol. The summed E-state index contributed by atoms with van der Waals surface area (Å²) in [6.07, 6.45) is 3.65. The van der Waals surface area contributed by atoms with Crippen molar-refractivity contribution in [3.05, 3.63) is 47.6 Å². The predicted octanol–water partition coefficient (Wildman–Crippen LogP) is 3.32. The third kappa shape index (κ3) is 3.17. The quantitative estimate of drug-likeness (QED) is 0.873. The highest BCUT2D eigenvalue weighted by Gasteiger charge is 2.52. The Bertz CT molecular complexity index is 705. The Balaban J connectivity index is 1.81. The second-order valence-corrected chi connectivity index (χ2v) is 7.01. The number of benzene rings is 1. The Labute approximate surface area is 143 Å². The van der Waals surface area contributed by atoms with Crippen LogP contribution in [0.3, 0.4) is 0 Å². The number of rotatable bonds is 4. The monoisotopic (exact) mass is 326 g/mol. The summed E-state index contributed by atoms with van der Waals surface area (Å²) in [5.74, 6) is 0.746. The molecule has 0 saturated carbocycles. The molecular weight excluding hydrogens is 303 g/mol. The molecule has 1 aromatic carbocycles. The molecule has 5 nitrogen and oxygen atoms in total. The number of hydrogen-bond donors (Lipinski definition) is 1. The van der Waals surface area contributed by atoms with Crippen molar-refractivity contribution in [3.63, 3.8) is 0 Å². The summed E-state index contributed by atoms with van der Waals surface area (Å²) < 4.78 is 17.3. The SMILES string of the molecule is CC1(C)OB(C(=Cc2ccc(-c3ccno3)cc2)CN)OC1(C)C. The van der Waals surface area contributed by atoms with Gasteiger partial charge in [0.2, 0.25) is 0 Å². The molecule has 0 atom stereocenters. The normalized spacial score (nSPS) is 19.7. The maximum Gasteiger partial charge on any atom is 0.491 e. The van der Waals surface area contributed by atoms with E-state index in [0.29, 0.717) is 6.54 Å². The molecule has 126 valence electrons. The Morgan fingerprint density at radius 3 is 2.21 bits per heavy atom. The second kappa shape index (κ2) is 6.20. The average Bonchev–Trinajstić information content (AvgIpc) is 3.12. The summed E-state index contributed by atoms with van der Waals surface area (Å²) in [4.78, 5) is 0. The lowest BCUT2D eigenvalue weighted by atomic mass is 9.77. The van der Waals surface area contributed by atoms with E-state index in [9.17, 15) is 0 Å². The molecule has 2 N–H and O–H groups in total. The minimum atomic E-state index is -0.422. The summed E-state index contributed by atoms with van der Waals surface area (Å²) in [5, 5.41) is 3.73. The van der Waals surface area contributed by atoms with Gasteiger partial charge in [0.1, 0.15) is 0 Å². The van der Waals surface area contributed by atoms with E-state index in [1.54, 1.807) is 6.20 Å². The number of nitrogens with zero attached hydrogens (tertiary/aromatic N) is 1. The fourth-order valence-corrected chi connectivity index (χ4v) is 2.54. The molecule has 3 rings (SSSR count). The van der Waals surface area contributed by atoms with Crippen LogP contribution in [0.5, 0.6) is 0 Å². The maximum absolute atomic E-state index is 6.08. The molecule has 0 spiro atoms. The van der Waals surface area contributed by atoms with Crippen molar-refractivity contribution in [2.45, 2.75) is 38.9 Å². The van der Waals surface area contributed by atoms with Crippen molar-refractivity contribution in [1.82, 2.24) is 5.16 Å². The first-order chi connectivity index (χ1) is 11.3. The van der Waals surface area contributed by atoms with Crippen LogP contribution in [0.1, 0.15) is 33.3 Å². The van der Waals surface area contributed by atoms with Gasteiger partial charge in [-0.3, -0.25) is 0 Å². The minimum absolute atomic E-state index is 0.373. The molecule has 6 heteroatoms. The van der Waals surface area contributed by atoms with Crippen LogP contribution in [0.25, 0.3) is 17.4 Å². The van der Waals surface area contributed by atoms with Crippen LogP contribution in [-0.4, -0.2) is 30.0 Å². The van der Waals surface area contributed by atoms with Gasteiger partial charge in [0, 0.05) is 18.2 Å². The van der Waals surface area contributed by atoms with Gasteiger partial charge in [-0.2, -0.15) is 0 Å². The van der Waals surface area contributed by atoms with Crippen molar-refractivity contribution in [3.8, 4) is 11.3 Å². The first kappa shape index (κ1) is 17.0. The molecule has 1 aliphatic rings. The topological polar surface area (TPSA) is 70.5 Å². The number of nitrogens with two attached hydrogens (primary N) is 1. The van der Waals surface area contributed by atoms with Gasteiger partial charge >= 0.3 is 7.12 Å². The summed E-state index contributed by atoms with van der Waals surface area (Å²) in [6.45, 7) is 8.52. The zero-order valence-corrected chi connectivity index (χ0v) is 14.6. The van der Waals surface area contributed by atoms with E-state index >= 15 is 0 Å². The predicted molar refractivity (Wildman–Crippen MR) is 95.1 cm³/mol. The van der Waals surface area contributed by atoms with Crippen molar-refractivity contribution in [1.29, 1.82) is 0 Å². The molecule has 2 heterocycles. The van der Waals surface area contributed by atoms with Gasteiger partial charge in [-0.1, -0.05) is 35.5 Å². The Morgan fingerprint density at radius 2 is 1.71 bits per heavy atom. The third-order valence-electron chi connectivity index (χ3n) is 4.78. The molecule has 2 aromatic rings. The minimum Gasteiger partial charge on any atom is -0.400 e. The van der Waals surface area contributed by atoms with Crippen LogP contribution in [0.15, 0.2) is 46.5 Å². The smallest absolute Gasteiger partial charge is 0.400 e. The summed E-state index contributed by atoms with van der Waals surface area (Å²) in [5.41, 5.74) is 8.12. The van der Waals surface area contributed by atoms with E-state index in [-0.39, 0.29) is 11.2 Å². The van der Waals surface area contributed by atoms with Crippen molar-refractivity contribution in [2.75, 3.05) is 6.54 Å². The van der Waals surface area contributed by atoms with Gasteiger partial charge < -0.3 is 19.6 Å². The fourth-order valence-electron chi connectivity index (χ4n) is 2.54. The van der Waals surface area contributed by atoms with Gasteiger partial charge in [0.05, 0.1) is 17.4 Å². The van der Waals surface area contributed by atoms with Crippen LogP contribution in [-0.2, 0) is 9.31 Å². The molecule has 1 fully saturated rings. The molecule has 0 radical (unpaired) electrons. The van der Waals surface area contributed by atoms with E-state index in [0.717, 1.165) is 22.4 Å². The Hall–Kier alpha value is -1.89. The molecule has 1 saturated heterocycles. The lowest BCUT2D eigenvalue weighted by Gasteiger charge is -2.32. The molecule has 24 heavy (non-hydrogen) atoms. The first-order valence-electron chi connectivity index (χ1n) is 8.10. The zero-order chi connectivity index (χ0) is 17.4. The van der Waals surface area contributed by atoms with E-state index in [1.807, 2.05) is 64.1 Å². The molecule has 0 unspecified atom stereocenters. The number of hydrogen-bond acceptors (Lipinski definition) is 5. The summed E-state index contributed by atoms with van der Waals surface area (Å²) in [6, 6.07) is 9.84. The van der Waals surface area contributed by atoms with Crippen LogP contribution >= 0.6 is 0 Å². The lowest BCUT2D eigenvalue weighted by Crippen LogP contribution is -2.41. The summed E-state index contributed by atoms with van der Waals surface area (Å²) in [7, 11) is -0.422. The highest BCUT2D eigenvalue weighted by Crippen LogP contribution is 2.38. The van der Waals surface area contributed by atoms with Gasteiger partial charge in [-0.25, -0.2) is 0 Å². The molecule has 0 amide bonds. The number of aromatic nitrogens is 1. The van der Waals surface area contributed by atoms with Gasteiger partial charge in [-0.05, 0) is 38.7 Å². The van der Waals surface area contributed by atoms with Gasteiger partial charge in [-0.15, -0.1) is 0 Å². The fraction of sp³-hybridized carbons (Fsp3) is 0.389. The van der Waals surface area contributed by atoms with Gasteiger partial charge in [0.25, 0.3) is 0 Å². The van der Waals surface area contributed by atoms with Crippen LogP contribution in [0, 0.1) is 0 Å². The molecule has 1 aromatic heterocycles. The third-order valence-corrected chi connectivity index (χ3v) is 4.78. The molecule has 0 bridgehead atoms. The van der Waals surface area contributed by atoms with Crippen molar-refractivity contribution in [2.24, 2.45) is 5.73 Å². The highest BCUT2D eigenvalue weighted by molar-refractivity contribution is 6.55. The Kier molecular flexibility index (Phi) is 4.38. The molecule has 1 aliphatic heterocycles. The largest absolute Gasteiger partial charge is 0.491 e. The maximum atomic E-state index is 6.08. The van der Waals surface area contributed by atoms with Crippen LogP contribution in [0.2, 0.25) is 0 Å². The highest BCUT2D eigenvalue weighted by atomic mass is 16.7. The van der Waals surface area contributed by atoms with E-state index < -0.39 is 7.12 Å². The molecule has 0 aliphatic carbocycles.